The van der Waals surface area contributed by atoms with E-state index >= 15 is 0 Å². The molecule has 0 radical (unpaired) electrons. The van der Waals surface area contributed by atoms with Crippen molar-refractivity contribution >= 4 is 17.2 Å². The molecule has 2 nitrogen and oxygen atoms in total. The molecule has 2 rings (SSSR count). The Kier molecular flexibility index (Phi) is 4.94. The lowest BCUT2D eigenvalue weighted by molar-refractivity contribution is 0.164. The number of likely N-dealkylation sites (tertiary alicyclic amines) is 1. The standard InChI is InChI=1S/C16H24N2S/c1-3-13-5-4-8-18(10-13)11-15-7-6-14(16(17)19)9-12(15)2/h6-7,9,13H,3-5,8,10-11H2,1-2H3,(H2,17,19). The van der Waals surface area contributed by atoms with Crippen LogP contribution >= 0.6 is 12.2 Å². The topological polar surface area (TPSA) is 29.3 Å². The Morgan fingerprint density at radius 3 is 2.89 bits per heavy atom. The van der Waals surface area contributed by atoms with E-state index in [4.69, 9.17) is 18.0 Å². The first-order valence-electron chi connectivity index (χ1n) is 7.21. The predicted octanol–water partition coefficient (Wildman–Crippen LogP) is 3.25. The highest BCUT2D eigenvalue weighted by Crippen LogP contribution is 2.22. The van der Waals surface area contributed by atoms with Crippen molar-refractivity contribution in [2.75, 3.05) is 13.1 Å². The number of benzene rings is 1. The Labute approximate surface area is 122 Å². The van der Waals surface area contributed by atoms with Gasteiger partial charge in [-0.25, -0.2) is 0 Å². The molecule has 2 N–H and O–H groups in total. The van der Waals surface area contributed by atoms with E-state index in [0.717, 1.165) is 18.0 Å². The molecule has 1 aromatic rings. The zero-order valence-electron chi connectivity index (χ0n) is 12.0. The van der Waals surface area contributed by atoms with Gasteiger partial charge in [-0.2, -0.15) is 0 Å². The Hall–Kier alpha value is -0.930. The highest BCUT2D eigenvalue weighted by Gasteiger charge is 2.18. The van der Waals surface area contributed by atoms with Crippen molar-refractivity contribution in [2.24, 2.45) is 11.7 Å². The minimum Gasteiger partial charge on any atom is -0.389 e. The van der Waals surface area contributed by atoms with Crippen LogP contribution in [-0.2, 0) is 6.54 Å². The molecule has 1 fully saturated rings. The fourth-order valence-corrected chi connectivity index (χ4v) is 3.02. The van der Waals surface area contributed by atoms with Crippen LogP contribution in [0.1, 0.15) is 42.9 Å². The van der Waals surface area contributed by atoms with Crippen LogP contribution in [0.4, 0.5) is 0 Å². The summed E-state index contributed by atoms with van der Waals surface area (Å²) in [6.45, 7) is 7.98. The molecule has 1 atom stereocenters. The van der Waals surface area contributed by atoms with E-state index in [1.165, 1.54) is 43.5 Å². The Morgan fingerprint density at radius 1 is 1.47 bits per heavy atom. The minimum atomic E-state index is 0.485. The highest BCUT2D eigenvalue weighted by atomic mass is 32.1. The predicted molar refractivity (Wildman–Crippen MR) is 85.4 cm³/mol. The largest absolute Gasteiger partial charge is 0.389 e. The molecular weight excluding hydrogens is 252 g/mol. The summed E-state index contributed by atoms with van der Waals surface area (Å²) in [5.74, 6) is 0.880. The summed E-state index contributed by atoms with van der Waals surface area (Å²) in [5, 5.41) is 0. The Balaban J connectivity index is 2.04. The lowest BCUT2D eigenvalue weighted by Crippen LogP contribution is -2.34. The van der Waals surface area contributed by atoms with Gasteiger partial charge in [-0.15, -0.1) is 0 Å². The first-order valence-corrected chi connectivity index (χ1v) is 7.62. The van der Waals surface area contributed by atoms with Crippen LogP contribution in [0.5, 0.6) is 0 Å². The fraction of sp³-hybridized carbons (Fsp3) is 0.562. The molecule has 0 bridgehead atoms. The maximum Gasteiger partial charge on any atom is 0.103 e. The van der Waals surface area contributed by atoms with Crippen molar-refractivity contribution in [1.82, 2.24) is 4.90 Å². The lowest BCUT2D eigenvalue weighted by atomic mass is 9.95. The third-order valence-corrected chi connectivity index (χ3v) is 4.44. The quantitative estimate of drug-likeness (QED) is 0.856. The van der Waals surface area contributed by atoms with Crippen LogP contribution < -0.4 is 5.73 Å². The van der Waals surface area contributed by atoms with Crippen LogP contribution in [0.3, 0.4) is 0 Å². The van der Waals surface area contributed by atoms with Crippen molar-refractivity contribution in [3.63, 3.8) is 0 Å². The summed E-state index contributed by atoms with van der Waals surface area (Å²) in [4.78, 5) is 3.07. The molecular formula is C16H24N2S. The van der Waals surface area contributed by atoms with Gasteiger partial charge in [0, 0.05) is 18.7 Å². The van der Waals surface area contributed by atoms with Gasteiger partial charge < -0.3 is 5.73 Å². The second-order valence-electron chi connectivity index (χ2n) is 5.66. The molecule has 3 heteroatoms. The Bertz CT molecular complexity index is 456. The van der Waals surface area contributed by atoms with E-state index in [2.05, 4.69) is 30.9 Å². The smallest absolute Gasteiger partial charge is 0.103 e. The molecule has 104 valence electrons. The van der Waals surface area contributed by atoms with Crippen molar-refractivity contribution in [1.29, 1.82) is 0 Å². The second-order valence-corrected chi connectivity index (χ2v) is 6.10. The van der Waals surface area contributed by atoms with E-state index < -0.39 is 0 Å². The number of aryl methyl sites for hydroxylation is 1. The molecule has 1 aliphatic rings. The molecule has 0 aliphatic carbocycles. The highest BCUT2D eigenvalue weighted by molar-refractivity contribution is 7.80. The molecule has 1 unspecified atom stereocenters. The van der Waals surface area contributed by atoms with E-state index in [0.29, 0.717) is 4.99 Å². The van der Waals surface area contributed by atoms with Crippen molar-refractivity contribution in [2.45, 2.75) is 39.7 Å². The number of rotatable bonds is 4. The first-order chi connectivity index (χ1) is 9.10. The summed E-state index contributed by atoms with van der Waals surface area (Å²) in [6, 6.07) is 6.34. The summed E-state index contributed by atoms with van der Waals surface area (Å²) in [5.41, 5.74) is 9.34. The Morgan fingerprint density at radius 2 is 2.26 bits per heavy atom. The maximum absolute atomic E-state index is 5.67. The van der Waals surface area contributed by atoms with E-state index in [1.807, 2.05) is 6.07 Å². The fourth-order valence-electron chi connectivity index (χ4n) is 2.90. The monoisotopic (exact) mass is 276 g/mol. The zero-order chi connectivity index (χ0) is 13.8. The van der Waals surface area contributed by atoms with Crippen LogP contribution in [0, 0.1) is 12.8 Å². The summed E-state index contributed by atoms with van der Waals surface area (Å²) >= 11 is 5.02. The van der Waals surface area contributed by atoms with Gasteiger partial charge in [0.15, 0.2) is 0 Å². The van der Waals surface area contributed by atoms with Gasteiger partial charge in [-0.1, -0.05) is 37.7 Å². The van der Waals surface area contributed by atoms with Gasteiger partial charge in [0.1, 0.15) is 4.99 Å². The van der Waals surface area contributed by atoms with E-state index in [1.54, 1.807) is 0 Å². The van der Waals surface area contributed by atoms with Crippen LogP contribution in [0.15, 0.2) is 18.2 Å². The van der Waals surface area contributed by atoms with Crippen LogP contribution in [0.25, 0.3) is 0 Å². The third kappa shape index (κ3) is 3.77. The number of hydrogen-bond acceptors (Lipinski definition) is 2. The van der Waals surface area contributed by atoms with E-state index in [9.17, 15) is 0 Å². The minimum absolute atomic E-state index is 0.485. The maximum atomic E-state index is 5.67. The summed E-state index contributed by atoms with van der Waals surface area (Å²) in [6.07, 6.45) is 4.03. The molecule has 1 aromatic carbocycles. The molecule has 19 heavy (non-hydrogen) atoms. The van der Waals surface area contributed by atoms with Crippen LogP contribution in [-0.4, -0.2) is 23.0 Å². The summed E-state index contributed by atoms with van der Waals surface area (Å²) < 4.78 is 0. The normalized spacial score (nSPS) is 20.4. The molecule has 0 saturated carbocycles. The third-order valence-electron chi connectivity index (χ3n) is 4.20. The van der Waals surface area contributed by atoms with Gasteiger partial charge in [0.05, 0.1) is 0 Å². The van der Waals surface area contributed by atoms with Gasteiger partial charge in [0.2, 0.25) is 0 Å². The average Bonchev–Trinajstić information content (AvgIpc) is 2.41. The first kappa shape index (κ1) is 14.5. The molecule has 0 aromatic heterocycles. The van der Waals surface area contributed by atoms with Crippen LogP contribution in [0.2, 0.25) is 0 Å². The SMILES string of the molecule is CCC1CCCN(Cc2ccc(C(N)=S)cc2C)C1. The number of thiocarbonyl (C=S) groups is 1. The van der Waals surface area contributed by atoms with Crippen molar-refractivity contribution < 1.29 is 0 Å². The molecule has 1 aliphatic heterocycles. The number of nitrogens with zero attached hydrogens (tertiary/aromatic N) is 1. The lowest BCUT2D eigenvalue weighted by Gasteiger charge is -2.32. The number of piperidine rings is 1. The molecule has 1 heterocycles. The van der Waals surface area contributed by atoms with Gasteiger partial charge in [-0.3, -0.25) is 4.90 Å². The van der Waals surface area contributed by atoms with Crippen molar-refractivity contribution in [3.8, 4) is 0 Å². The average molecular weight is 276 g/mol. The molecule has 1 saturated heterocycles. The van der Waals surface area contributed by atoms with Crippen molar-refractivity contribution in [3.05, 3.63) is 34.9 Å². The molecule has 0 spiro atoms. The zero-order valence-corrected chi connectivity index (χ0v) is 12.8. The second kappa shape index (κ2) is 6.49. The van der Waals surface area contributed by atoms with Gasteiger partial charge in [-0.05, 0) is 49.4 Å². The number of nitrogens with two attached hydrogens (primary N) is 1. The summed E-state index contributed by atoms with van der Waals surface area (Å²) in [7, 11) is 0. The van der Waals surface area contributed by atoms with Gasteiger partial charge in [0.25, 0.3) is 0 Å². The molecule has 0 amide bonds. The van der Waals surface area contributed by atoms with Gasteiger partial charge >= 0.3 is 0 Å². The van der Waals surface area contributed by atoms with E-state index in [-0.39, 0.29) is 0 Å². The number of hydrogen-bond donors (Lipinski definition) is 1.